The molecule has 0 spiro atoms. The summed E-state index contributed by atoms with van der Waals surface area (Å²) in [6.07, 6.45) is -1.06. The molecule has 0 bridgehead atoms. The van der Waals surface area contributed by atoms with Crippen molar-refractivity contribution >= 4 is 11.8 Å². The van der Waals surface area contributed by atoms with Gasteiger partial charge in [-0.3, -0.25) is 5.43 Å². The number of carbonyl (C=O) groups is 1. The fraction of sp³-hybridized carbons (Fsp3) is 0.222. The molecule has 0 fully saturated rings. The number of hydrogen-bond donors (Lipinski definition) is 2. The summed E-state index contributed by atoms with van der Waals surface area (Å²) in [6.45, 7) is 0. The molecule has 1 aromatic rings. The number of para-hydroxylation sites is 2. The summed E-state index contributed by atoms with van der Waals surface area (Å²) in [7, 11) is 2.94. The van der Waals surface area contributed by atoms with E-state index >= 15 is 0 Å². The van der Waals surface area contributed by atoms with Crippen molar-refractivity contribution in [2.24, 2.45) is 0 Å². The third-order valence-electron chi connectivity index (χ3n) is 1.68. The van der Waals surface area contributed by atoms with Crippen LogP contribution in [0, 0.1) is 0 Å². The second-order valence-electron chi connectivity index (χ2n) is 2.65. The average molecular weight is 196 g/mol. The monoisotopic (exact) mass is 196 g/mol. The fourth-order valence-electron chi connectivity index (χ4n) is 0.966. The van der Waals surface area contributed by atoms with Gasteiger partial charge in [-0.15, -0.1) is 0 Å². The van der Waals surface area contributed by atoms with Gasteiger partial charge in [0.05, 0.1) is 12.8 Å². The molecule has 0 saturated heterocycles. The topological polar surface area (TPSA) is 61.8 Å². The van der Waals surface area contributed by atoms with E-state index < -0.39 is 6.09 Å². The summed E-state index contributed by atoms with van der Waals surface area (Å²) in [5, 5.41) is 9.59. The highest BCUT2D eigenvalue weighted by Crippen LogP contribution is 2.23. The largest absolute Gasteiger partial charge is 0.495 e. The van der Waals surface area contributed by atoms with Crippen LogP contribution in [-0.2, 0) is 0 Å². The van der Waals surface area contributed by atoms with E-state index in [1.165, 1.54) is 14.2 Å². The van der Waals surface area contributed by atoms with Crippen molar-refractivity contribution in [2.45, 2.75) is 0 Å². The minimum absolute atomic E-state index is 0.598. The van der Waals surface area contributed by atoms with Gasteiger partial charge in [0.25, 0.3) is 0 Å². The van der Waals surface area contributed by atoms with Crippen molar-refractivity contribution < 1.29 is 14.6 Å². The highest BCUT2D eigenvalue weighted by atomic mass is 16.5. The number of benzene rings is 1. The Labute approximate surface area is 81.9 Å². The lowest BCUT2D eigenvalue weighted by Crippen LogP contribution is -2.30. The molecule has 5 heteroatoms. The van der Waals surface area contributed by atoms with Gasteiger partial charge in [-0.1, -0.05) is 12.1 Å². The quantitative estimate of drug-likeness (QED) is 0.721. The molecular weight excluding hydrogens is 184 g/mol. The fourth-order valence-corrected chi connectivity index (χ4v) is 0.966. The SMILES string of the molecule is COc1ccccc1NN(C)C(=O)O. The zero-order valence-electron chi connectivity index (χ0n) is 8.02. The molecule has 0 aliphatic carbocycles. The maximum Gasteiger partial charge on any atom is 0.425 e. The van der Waals surface area contributed by atoms with Crippen LogP contribution in [0.15, 0.2) is 24.3 Å². The second-order valence-corrected chi connectivity index (χ2v) is 2.65. The molecule has 5 nitrogen and oxygen atoms in total. The number of carboxylic acid groups (broad SMARTS) is 1. The Morgan fingerprint density at radius 3 is 2.71 bits per heavy atom. The molecule has 1 rings (SSSR count). The molecule has 0 unspecified atom stereocenters. The first-order valence-corrected chi connectivity index (χ1v) is 4.01. The van der Waals surface area contributed by atoms with Crippen LogP contribution in [0.25, 0.3) is 0 Å². The predicted molar refractivity (Wildman–Crippen MR) is 52.4 cm³/mol. The van der Waals surface area contributed by atoms with Crippen molar-refractivity contribution in [1.29, 1.82) is 0 Å². The standard InChI is InChI=1S/C9H12N2O3/c1-11(9(12)13)10-7-5-3-4-6-8(7)14-2/h3-6,10H,1-2H3,(H,12,13). The summed E-state index contributed by atoms with van der Waals surface area (Å²) in [5.74, 6) is 0.598. The Kier molecular flexibility index (Phi) is 3.17. The van der Waals surface area contributed by atoms with E-state index in [0.29, 0.717) is 11.4 Å². The van der Waals surface area contributed by atoms with E-state index in [0.717, 1.165) is 5.01 Å². The summed E-state index contributed by atoms with van der Waals surface area (Å²) < 4.78 is 5.04. The number of nitrogens with one attached hydrogen (secondary N) is 1. The second kappa shape index (κ2) is 4.36. The zero-order chi connectivity index (χ0) is 10.6. The van der Waals surface area contributed by atoms with E-state index in [4.69, 9.17) is 9.84 Å². The highest BCUT2D eigenvalue weighted by Gasteiger charge is 2.07. The molecule has 0 heterocycles. The number of hydrazine groups is 1. The molecule has 0 aliphatic rings. The molecule has 0 atom stereocenters. The van der Waals surface area contributed by atoms with Gasteiger partial charge in [0, 0.05) is 7.05 Å². The Hall–Kier alpha value is -1.91. The molecule has 1 amide bonds. The lowest BCUT2D eigenvalue weighted by atomic mass is 10.3. The van der Waals surface area contributed by atoms with Gasteiger partial charge in [0.15, 0.2) is 0 Å². The first-order chi connectivity index (χ1) is 6.65. The van der Waals surface area contributed by atoms with Gasteiger partial charge in [0.2, 0.25) is 0 Å². The minimum Gasteiger partial charge on any atom is -0.495 e. The molecule has 0 saturated carbocycles. The average Bonchev–Trinajstić information content (AvgIpc) is 2.18. The number of rotatable bonds is 3. The maximum atomic E-state index is 10.5. The third-order valence-corrected chi connectivity index (χ3v) is 1.68. The Bertz CT molecular complexity index is 328. The van der Waals surface area contributed by atoms with Gasteiger partial charge in [0.1, 0.15) is 5.75 Å². The minimum atomic E-state index is -1.06. The van der Waals surface area contributed by atoms with Crippen LogP contribution in [0.5, 0.6) is 5.75 Å². The maximum absolute atomic E-state index is 10.5. The zero-order valence-corrected chi connectivity index (χ0v) is 8.02. The lowest BCUT2D eigenvalue weighted by molar-refractivity contribution is 0.164. The molecule has 0 aromatic heterocycles. The third kappa shape index (κ3) is 2.29. The van der Waals surface area contributed by atoms with Crippen LogP contribution in [0.2, 0.25) is 0 Å². The smallest absolute Gasteiger partial charge is 0.425 e. The van der Waals surface area contributed by atoms with Crippen molar-refractivity contribution in [3.63, 3.8) is 0 Å². The summed E-state index contributed by atoms with van der Waals surface area (Å²) in [4.78, 5) is 10.5. The van der Waals surface area contributed by atoms with Gasteiger partial charge in [-0.2, -0.15) is 0 Å². The van der Waals surface area contributed by atoms with E-state index in [1.54, 1.807) is 18.2 Å². The highest BCUT2D eigenvalue weighted by molar-refractivity contribution is 5.68. The number of amides is 1. The Morgan fingerprint density at radius 2 is 2.14 bits per heavy atom. The van der Waals surface area contributed by atoms with E-state index in [-0.39, 0.29) is 0 Å². The van der Waals surface area contributed by atoms with Crippen LogP contribution < -0.4 is 10.2 Å². The molecule has 14 heavy (non-hydrogen) atoms. The molecule has 0 aliphatic heterocycles. The number of hydrogen-bond acceptors (Lipinski definition) is 3. The Balaban J connectivity index is 2.80. The Morgan fingerprint density at radius 1 is 1.50 bits per heavy atom. The van der Waals surface area contributed by atoms with Gasteiger partial charge in [-0.05, 0) is 12.1 Å². The first-order valence-electron chi connectivity index (χ1n) is 4.01. The molecule has 0 radical (unpaired) electrons. The van der Waals surface area contributed by atoms with E-state index in [2.05, 4.69) is 5.43 Å². The van der Waals surface area contributed by atoms with Crippen LogP contribution in [0.3, 0.4) is 0 Å². The van der Waals surface area contributed by atoms with Crippen molar-refractivity contribution in [1.82, 2.24) is 5.01 Å². The summed E-state index contributed by atoms with van der Waals surface area (Å²) >= 11 is 0. The van der Waals surface area contributed by atoms with Crippen molar-refractivity contribution in [3.8, 4) is 5.75 Å². The van der Waals surface area contributed by atoms with Gasteiger partial charge in [-0.25, -0.2) is 9.80 Å². The lowest BCUT2D eigenvalue weighted by Gasteiger charge is -2.17. The van der Waals surface area contributed by atoms with Crippen molar-refractivity contribution in [3.05, 3.63) is 24.3 Å². The predicted octanol–water partition coefficient (Wildman–Crippen LogP) is 1.63. The molecular formula is C9H12N2O3. The van der Waals surface area contributed by atoms with Crippen LogP contribution in [-0.4, -0.2) is 30.4 Å². The van der Waals surface area contributed by atoms with Crippen LogP contribution in [0.1, 0.15) is 0 Å². The summed E-state index contributed by atoms with van der Waals surface area (Å²) in [5.41, 5.74) is 3.28. The normalized spacial score (nSPS) is 9.29. The molecule has 2 N–H and O–H groups in total. The number of nitrogens with zero attached hydrogens (tertiary/aromatic N) is 1. The van der Waals surface area contributed by atoms with Crippen LogP contribution in [0.4, 0.5) is 10.5 Å². The van der Waals surface area contributed by atoms with Crippen LogP contribution >= 0.6 is 0 Å². The number of methoxy groups -OCH3 is 1. The van der Waals surface area contributed by atoms with Crippen molar-refractivity contribution in [2.75, 3.05) is 19.6 Å². The molecule has 1 aromatic carbocycles. The number of anilines is 1. The van der Waals surface area contributed by atoms with Gasteiger partial charge >= 0.3 is 6.09 Å². The molecule has 76 valence electrons. The number of ether oxygens (including phenoxy) is 1. The first kappa shape index (κ1) is 10.2. The van der Waals surface area contributed by atoms with Gasteiger partial charge < -0.3 is 9.84 Å². The summed E-state index contributed by atoms with van der Waals surface area (Å²) in [6, 6.07) is 7.08. The van der Waals surface area contributed by atoms with E-state index in [1.807, 2.05) is 6.07 Å². The van der Waals surface area contributed by atoms with E-state index in [9.17, 15) is 4.79 Å².